The van der Waals surface area contributed by atoms with Gasteiger partial charge in [0.2, 0.25) is 0 Å². The van der Waals surface area contributed by atoms with Gasteiger partial charge in [0, 0.05) is 28.9 Å². The summed E-state index contributed by atoms with van der Waals surface area (Å²) < 4.78 is 7.55. The maximum atomic E-state index is 13.3. The third-order valence-electron chi connectivity index (χ3n) is 5.90. The number of nitrogens with zero attached hydrogens (tertiary/aromatic N) is 2. The minimum Gasteiger partial charge on any atom is -0.492 e. The molecule has 0 unspecified atom stereocenters. The number of carbonyl (C=O) groups is 2. The molecule has 0 atom stereocenters. The number of likely N-dealkylation sites (N-methyl/N-ethyl adjacent to an activating group) is 1. The zero-order valence-electron chi connectivity index (χ0n) is 19.4. The Bertz CT molecular complexity index is 1290. The summed E-state index contributed by atoms with van der Waals surface area (Å²) >= 11 is 0. The van der Waals surface area contributed by atoms with Crippen molar-refractivity contribution in [2.75, 3.05) is 24.6 Å². The average molecular weight is 457 g/mol. The number of rotatable bonds is 9. The van der Waals surface area contributed by atoms with Crippen LogP contribution in [0.2, 0.25) is 0 Å². The summed E-state index contributed by atoms with van der Waals surface area (Å²) in [6.45, 7) is 6.15. The van der Waals surface area contributed by atoms with E-state index in [4.69, 9.17) is 4.74 Å². The van der Waals surface area contributed by atoms with E-state index in [1.54, 1.807) is 28.8 Å². The lowest BCUT2D eigenvalue weighted by atomic mass is 10.1. The molecule has 0 saturated heterocycles. The summed E-state index contributed by atoms with van der Waals surface area (Å²) in [5.74, 6) is -0.350. The number of aliphatic carboxylic acids is 1. The number of hydrogen-bond acceptors (Lipinski definition) is 4. The topological polar surface area (TPSA) is 71.8 Å². The van der Waals surface area contributed by atoms with E-state index in [9.17, 15) is 14.7 Å². The number of carbonyl (C=O) groups excluding carboxylic acids is 1. The van der Waals surface area contributed by atoms with Gasteiger partial charge in [0.25, 0.3) is 5.91 Å². The lowest BCUT2D eigenvalue weighted by Crippen LogP contribution is -2.27. The van der Waals surface area contributed by atoms with Crippen molar-refractivity contribution < 1.29 is 19.4 Å². The van der Waals surface area contributed by atoms with E-state index in [1.165, 1.54) is 0 Å². The van der Waals surface area contributed by atoms with E-state index in [0.717, 1.165) is 29.9 Å². The van der Waals surface area contributed by atoms with Gasteiger partial charge >= 0.3 is 5.97 Å². The zero-order valence-corrected chi connectivity index (χ0v) is 19.4. The van der Waals surface area contributed by atoms with Crippen LogP contribution in [0, 0.1) is 6.92 Å². The first-order chi connectivity index (χ1) is 16.5. The highest BCUT2D eigenvalue weighted by molar-refractivity contribution is 6.04. The number of benzene rings is 3. The van der Waals surface area contributed by atoms with Crippen LogP contribution in [0.25, 0.3) is 10.9 Å². The van der Waals surface area contributed by atoms with E-state index >= 15 is 0 Å². The Balaban J connectivity index is 1.46. The molecule has 1 aromatic heterocycles. The van der Waals surface area contributed by atoms with Crippen molar-refractivity contribution in [1.29, 1.82) is 0 Å². The van der Waals surface area contributed by atoms with Crippen molar-refractivity contribution in [2.45, 2.75) is 20.3 Å². The molecule has 0 saturated carbocycles. The van der Waals surface area contributed by atoms with Gasteiger partial charge in [-0.1, -0.05) is 30.3 Å². The summed E-state index contributed by atoms with van der Waals surface area (Å²) in [7, 11) is 0. The fourth-order valence-corrected chi connectivity index (χ4v) is 4.22. The second kappa shape index (κ2) is 10.3. The molecule has 3 aromatic carbocycles. The molecule has 4 aromatic rings. The third kappa shape index (κ3) is 4.96. The Kier molecular flexibility index (Phi) is 6.97. The number of aryl methyl sites for hydroxylation is 1. The van der Waals surface area contributed by atoms with Crippen molar-refractivity contribution in [3.63, 3.8) is 0 Å². The molecule has 1 N–H and O–H groups in total. The summed E-state index contributed by atoms with van der Waals surface area (Å²) in [6, 6.07) is 24.7. The lowest BCUT2D eigenvalue weighted by molar-refractivity contribution is -0.136. The largest absolute Gasteiger partial charge is 0.492 e. The summed E-state index contributed by atoms with van der Waals surface area (Å²) in [4.78, 5) is 26.7. The summed E-state index contributed by atoms with van der Waals surface area (Å²) in [5, 5.41) is 9.98. The highest BCUT2D eigenvalue weighted by Crippen LogP contribution is 2.25. The molecule has 6 nitrogen and oxygen atoms in total. The quantitative estimate of drug-likeness (QED) is 0.376. The minimum absolute atomic E-state index is 0.0826. The van der Waals surface area contributed by atoms with Crippen LogP contribution in [0.4, 0.5) is 5.69 Å². The van der Waals surface area contributed by atoms with Crippen LogP contribution in [-0.2, 0) is 11.2 Å². The number of aromatic nitrogens is 1. The Hall–Kier alpha value is -4.06. The SMILES string of the molecule is CCN(CCOc1ccc(C(=O)n2c(C)cc3c(CC(=O)O)cccc32)cc1)c1ccccc1. The maximum absolute atomic E-state index is 13.3. The van der Waals surface area contributed by atoms with Gasteiger partial charge < -0.3 is 14.7 Å². The molecular formula is C28H28N2O4. The van der Waals surface area contributed by atoms with Crippen LogP contribution in [-0.4, -0.2) is 41.2 Å². The number of fused-ring (bicyclic) bond motifs is 1. The molecule has 0 fully saturated rings. The number of carboxylic acids is 1. The molecule has 174 valence electrons. The molecule has 1 heterocycles. The van der Waals surface area contributed by atoms with Crippen molar-refractivity contribution in [3.8, 4) is 5.75 Å². The van der Waals surface area contributed by atoms with Crippen LogP contribution < -0.4 is 9.64 Å². The number of ether oxygens (including phenoxy) is 1. The highest BCUT2D eigenvalue weighted by Gasteiger charge is 2.17. The van der Waals surface area contributed by atoms with E-state index in [0.29, 0.717) is 29.0 Å². The van der Waals surface area contributed by atoms with Gasteiger partial charge in [-0.2, -0.15) is 0 Å². The van der Waals surface area contributed by atoms with Crippen molar-refractivity contribution in [1.82, 2.24) is 4.57 Å². The molecular weight excluding hydrogens is 428 g/mol. The normalized spacial score (nSPS) is 10.9. The van der Waals surface area contributed by atoms with E-state index < -0.39 is 5.97 Å². The number of carboxylic acid groups (broad SMARTS) is 1. The Morgan fingerprint density at radius 2 is 1.71 bits per heavy atom. The van der Waals surface area contributed by atoms with Crippen LogP contribution >= 0.6 is 0 Å². The predicted molar refractivity (Wildman–Crippen MR) is 134 cm³/mol. The Morgan fingerprint density at radius 1 is 0.971 bits per heavy atom. The number of para-hydroxylation sites is 1. The van der Waals surface area contributed by atoms with Gasteiger partial charge in [0.15, 0.2) is 0 Å². The van der Waals surface area contributed by atoms with Crippen LogP contribution in [0.5, 0.6) is 5.75 Å². The van der Waals surface area contributed by atoms with Crippen molar-refractivity contribution in [2.24, 2.45) is 0 Å². The predicted octanol–water partition coefficient (Wildman–Crippen LogP) is 5.17. The van der Waals surface area contributed by atoms with Crippen LogP contribution in [0.1, 0.15) is 28.5 Å². The second-order valence-corrected chi connectivity index (χ2v) is 8.13. The summed E-state index contributed by atoms with van der Waals surface area (Å²) in [6.07, 6.45) is -0.0826. The molecule has 0 bridgehead atoms. The monoisotopic (exact) mass is 456 g/mol. The van der Waals surface area contributed by atoms with Gasteiger partial charge in [-0.05, 0) is 67.9 Å². The van der Waals surface area contributed by atoms with Gasteiger partial charge in [0.05, 0.1) is 18.5 Å². The molecule has 34 heavy (non-hydrogen) atoms. The molecule has 0 aliphatic heterocycles. The lowest BCUT2D eigenvalue weighted by Gasteiger charge is -2.23. The van der Waals surface area contributed by atoms with Crippen molar-refractivity contribution in [3.05, 3.63) is 95.7 Å². The molecule has 0 radical (unpaired) electrons. The van der Waals surface area contributed by atoms with E-state index in [1.807, 2.05) is 49.4 Å². The average Bonchev–Trinajstić information content (AvgIpc) is 3.19. The van der Waals surface area contributed by atoms with E-state index in [2.05, 4.69) is 24.0 Å². The molecule has 0 amide bonds. The van der Waals surface area contributed by atoms with Crippen LogP contribution in [0.3, 0.4) is 0 Å². The fourth-order valence-electron chi connectivity index (χ4n) is 4.22. The fraction of sp³-hybridized carbons (Fsp3) is 0.214. The van der Waals surface area contributed by atoms with Crippen molar-refractivity contribution >= 4 is 28.5 Å². The van der Waals surface area contributed by atoms with Gasteiger partial charge in [-0.3, -0.25) is 14.2 Å². The molecule has 0 aliphatic rings. The summed E-state index contributed by atoms with van der Waals surface area (Å²) in [5.41, 5.74) is 3.87. The van der Waals surface area contributed by atoms with Gasteiger partial charge in [-0.25, -0.2) is 0 Å². The first-order valence-electron chi connectivity index (χ1n) is 11.4. The Labute approximate surface area is 199 Å². The first kappa shape index (κ1) is 23.1. The van der Waals surface area contributed by atoms with Gasteiger partial charge in [0.1, 0.15) is 12.4 Å². The Morgan fingerprint density at radius 3 is 2.38 bits per heavy atom. The molecule has 4 rings (SSSR count). The molecule has 0 aliphatic carbocycles. The zero-order chi connectivity index (χ0) is 24.1. The smallest absolute Gasteiger partial charge is 0.307 e. The van der Waals surface area contributed by atoms with Crippen LogP contribution in [0.15, 0.2) is 78.9 Å². The second-order valence-electron chi connectivity index (χ2n) is 8.13. The van der Waals surface area contributed by atoms with E-state index in [-0.39, 0.29) is 12.3 Å². The standard InChI is InChI=1S/C28H28N2O4/c1-3-29(23-9-5-4-6-10-23)16-17-34-24-14-12-21(13-15-24)28(33)30-20(2)18-25-22(19-27(31)32)8-7-11-26(25)30/h4-15,18H,3,16-17,19H2,1-2H3,(H,31,32). The number of hydrogen-bond donors (Lipinski definition) is 1. The maximum Gasteiger partial charge on any atom is 0.307 e. The first-order valence-corrected chi connectivity index (χ1v) is 11.4. The minimum atomic E-state index is -0.898. The molecule has 6 heteroatoms. The highest BCUT2D eigenvalue weighted by atomic mass is 16.5. The number of anilines is 1. The third-order valence-corrected chi connectivity index (χ3v) is 5.90. The molecule has 0 spiro atoms. The van der Waals surface area contributed by atoms with Gasteiger partial charge in [-0.15, -0.1) is 0 Å².